The van der Waals surface area contributed by atoms with Crippen molar-refractivity contribution < 1.29 is 9.53 Å². The predicted molar refractivity (Wildman–Crippen MR) is 74.5 cm³/mol. The molecule has 1 rings (SSSR count). The van der Waals surface area contributed by atoms with Crippen LogP contribution in [0.15, 0.2) is 16.7 Å². The van der Waals surface area contributed by atoms with Crippen molar-refractivity contribution in [1.29, 1.82) is 0 Å². The summed E-state index contributed by atoms with van der Waals surface area (Å²) >= 11 is 3.39. The minimum absolute atomic E-state index is 0.188. The predicted octanol–water partition coefficient (Wildman–Crippen LogP) is 3.74. The number of halogens is 1. The lowest BCUT2D eigenvalue weighted by molar-refractivity contribution is 0.0507. The van der Waals surface area contributed by atoms with Crippen LogP contribution in [-0.4, -0.2) is 16.7 Å². The Morgan fingerprint density at radius 3 is 2.61 bits per heavy atom. The molecule has 1 aromatic rings. The normalized spacial score (nSPS) is 13.0. The number of pyridine rings is 1. The van der Waals surface area contributed by atoms with Gasteiger partial charge in [-0.05, 0) is 62.2 Å². The summed E-state index contributed by atoms with van der Waals surface area (Å²) in [6, 6.07) is 1.75. The van der Waals surface area contributed by atoms with Gasteiger partial charge in [0.2, 0.25) is 0 Å². The lowest BCUT2D eigenvalue weighted by atomic mass is 10.1. The largest absolute Gasteiger partial charge is 0.444 e. The number of carbonyl (C=O) groups excluding carboxylic acids is 1. The molecule has 0 saturated heterocycles. The molecule has 100 valence electrons. The average Bonchev–Trinajstić information content (AvgIpc) is 2.18. The summed E-state index contributed by atoms with van der Waals surface area (Å²) < 4.78 is 6.15. The van der Waals surface area contributed by atoms with Crippen LogP contribution in [0.4, 0.5) is 4.79 Å². The maximum atomic E-state index is 11.6. The minimum atomic E-state index is -0.493. The molecule has 1 aromatic heterocycles. The molecule has 0 radical (unpaired) electrons. The van der Waals surface area contributed by atoms with Crippen molar-refractivity contribution in [3.63, 3.8) is 0 Å². The van der Waals surface area contributed by atoms with Gasteiger partial charge >= 0.3 is 6.09 Å². The highest BCUT2D eigenvalue weighted by Gasteiger charge is 2.18. The minimum Gasteiger partial charge on any atom is -0.444 e. The van der Waals surface area contributed by atoms with E-state index in [0.29, 0.717) is 0 Å². The molecular weight excluding hydrogens is 296 g/mol. The molecule has 0 saturated carbocycles. The zero-order chi connectivity index (χ0) is 13.9. The molecule has 0 bridgehead atoms. The molecule has 5 heteroatoms. The topological polar surface area (TPSA) is 51.2 Å². The Kier molecular flexibility index (Phi) is 4.73. The van der Waals surface area contributed by atoms with E-state index >= 15 is 0 Å². The monoisotopic (exact) mass is 314 g/mol. The van der Waals surface area contributed by atoms with Gasteiger partial charge in [0.15, 0.2) is 0 Å². The van der Waals surface area contributed by atoms with E-state index in [1.54, 1.807) is 6.20 Å². The van der Waals surface area contributed by atoms with Crippen LogP contribution in [0.3, 0.4) is 0 Å². The van der Waals surface area contributed by atoms with Crippen LogP contribution in [0.2, 0.25) is 0 Å². The Bertz CT molecular complexity index is 441. The second kappa shape index (κ2) is 5.69. The summed E-state index contributed by atoms with van der Waals surface area (Å²) in [5.41, 5.74) is 1.40. The number of nitrogens with one attached hydrogen (secondary N) is 1. The molecule has 0 unspecified atom stereocenters. The van der Waals surface area contributed by atoms with Gasteiger partial charge in [-0.15, -0.1) is 0 Å². The van der Waals surface area contributed by atoms with Gasteiger partial charge in [0.25, 0.3) is 0 Å². The quantitative estimate of drug-likeness (QED) is 0.904. The van der Waals surface area contributed by atoms with Gasteiger partial charge in [0, 0.05) is 10.7 Å². The van der Waals surface area contributed by atoms with Crippen LogP contribution >= 0.6 is 15.9 Å². The first-order valence-electron chi connectivity index (χ1n) is 5.80. The van der Waals surface area contributed by atoms with Gasteiger partial charge in [-0.2, -0.15) is 0 Å². The highest BCUT2D eigenvalue weighted by Crippen LogP contribution is 2.19. The van der Waals surface area contributed by atoms with Crippen LogP contribution in [0.25, 0.3) is 0 Å². The standard InChI is InChI=1S/C13H19BrN2O2/c1-8-6-11(15-7-10(8)14)9(2)16-12(17)18-13(3,4)5/h6-7,9H,1-5H3,(H,16,17)/t9-/m1/s1. The van der Waals surface area contributed by atoms with Gasteiger partial charge in [-0.1, -0.05) is 0 Å². The first-order chi connectivity index (χ1) is 8.19. The Hall–Kier alpha value is -1.10. The van der Waals surface area contributed by atoms with Crippen molar-refractivity contribution in [1.82, 2.24) is 10.3 Å². The van der Waals surface area contributed by atoms with E-state index < -0.39 is 11.7 Å². The summed E-state index contributed by atoms with van der Waals surface area (Å²) in [4.78, 5) is 15.9. The van der Waals surface area contributed by atoms with E-state index in [1.807, 2.05) is 40.7 Å². The summed E-state index contributed by atoms with van der Waals surface area (Å²) in [6.45, 7) is 9.35. The Labute approximate surface area is 116 Å². The van der Waals surface area contributed by atoms with Gasteiger partial charge < -0.3 is 10.1 Å². The molecule has 18 heavy (non-hydrogen) atoms. The molecule has 0 aromatic carbocycles. The van der Waals surface area contributed by atoms with Crippen molar-refractivity contribution >= 4 is 22.0 Å². The number of rotatable bonds is 2. The van der Waals surface area contributed by atoms with Crippen molar-refractivity contribution in [2.24, 2.45) is 0 Å². The van der Waals surface area contributed by atoms with Crippen molar-refractivity contribution in [2.45, 2.75) is 46.3 Å². The second-order valence-electron chi connectivity index (χ2n) is 5.23. The van der Waals surface area contributed by atoms with Crippen molar-refractivity contribution in [3.8, 4) is 0 Å². The summed E-state index contributed by atoms with van der Waals surface area (Å²) in [6.07, 6.45) is 1.30. The summed E-state index contributed by atoms with van der Waals surface area (Å²) in [5, 5.41) is 2.76. The van der Waals surface area contributed by atoms with Crippen LogP contribution < -0.4 is 5.32 Å². The Balaban J connectivity index is 2.68. The van der Waals surface area contributed by atoms with E-state index in [4.69, 9.17) is 4.74 Å². The average molecular weight is 315 g/mol. The van der Waals surface area contributed by atoms with E-state index in [-0.39, 0.29) is 6.04 Å². The van der Waals surface area contributed by atoms with Crippen LogP contribution in [-0.2, 0) is 4.74 Å². The molecule has 1 amide bonds. The van der Waals surface area contributed by atoms with Crippen LogP contribution in [0, 0.1) is 6.92 Å². The number of ether oxygens (including phenoxy) is 1. The Morgan fingerprint density at radius 1 is 1.50 bits per heavy atom. The zero-order valence-electron chi connectivity index (χ0n) is 11.4. The SMILES string of the molecule is Cc1cc([C@@H](C)NC(=O)OC(C)(C)C)ncc1Br. The van der Waals surface area contributed by atoms with Crippen LogP contribution in [0.5, 0.6) is 0 Å². The number of aromatic nitrogens is 1. The lowest BCUT2D eigenvalue weighted by Crippen LogP contribution is -2.34. The molecule has 0 aliphatic carbocycles. The zero-order valence-corrected chi connectivity index (χ0v) is 13.0. The molecule has 1 N–H and O–H groups in total. The third-order valence-electron chi connectivity index (χ3n) is 2.24. The molecule has 1 heterocycles. The third kappa shape index (κ3) is 4.64. The number of nitrogens with zero attached hydrogens (tertiary/aromatic N) is 1. The van der Waals surface area contributed by atoms with E-state index in [2.05, 4.69) is 26.2 Å². The summed E-state index contributed by atoms with van der Waals surface area (Å²) in [7, 11) is 0. The number of carbonyl (C=O) groups is 1. The van der Waals surface area contributed by atoms with Gasteiger partial charge in [-0.3, -0.25) is 4.98 Å². The van der Waals surface area contributed by atoms with Gasteiger partial charge in [-0.25, -0.2) is 4.79 Å². The van der Waals surface area contributed by atoms with Gasteiger partial charge in [0.1, 0.15) is 5.60 Å². The van der Waals surface area contributed by atoms with Crippen LogP contribution in [0.1, 0.15) is 45.0 Å². The van der Waals surface area contributed by atoms with E-state index in [0.717, 1.165) is 15.7 Å². The molecule has 4 nitrogen and oxygen atoms in total. The number of aryl methyl sites for hydroxylation is 1. The molecule has 0 aliphatic rings. The number of hydrogen-bond acceptors (Lipinski definition) is 3. The molecule has 0 aliphatic heterocycles. The third-order valence-corrected chi connectivity index (χ3v) is 3.08. The fourth-order valence-corrected chi connectivity index (χ4v) is 1.57. The molecule has 0 spiro atoms. The first-order valence-corrected chi connectivity index (χ1v) is 6.60. The number of amides is 1. The lowest BCUT2D eigenvalue weighted by Gasteiger charge is -2.22. The van der Waals surface area contributed by atoms with E-state index in [1.165, 1.54) is 0 Å². The first kappa shape index (κ1) is 15.0. The van der Waals surface area contributed by atoms with Crippen molar-refractivity contribution in [3.05, 3.63) is 28.0 Å². The van der Waals surface area contributed by atoms with Crippen molar-refractivity contribution in [2.75, 3.05) is 0 Å². The Morgan fingerprint density at radius 2 is 2.11 bits per heavy atom. The maximum Gasteiger partial charge on any atom is 0.408 e. The fraction of sp³-hybridized carbons (Fsp3) is 0.538. The fourth-order valence-electron chi connectivity index (χ4n) is 1.36. The molecular formula is C13H19BrN2O2. The molecule has 1 atom stereocenters. The number of hydrogen-bond donors (Lipinski definition) is 1. The van der Waals surface area contributed by atoms with E-state index in [9.17, 15) is 4.79 Å². The molecule has 0 fully saturated rings. The second-order valence-corrected chi connectivity index (χ2v) is 6.08. The highest BCUT2D eigenvalue weighted by atomic mass is 79.9. The highest BCUT2D eigenvalue weighted by molar-refractivity contribution is 9.10. The summed E-state index contributed by atoms with van der Waals surface area (Å²) in [5.74, 6) is 0. The number of alkyl carbamates (subject to hydrolysis) is 1. The smallest absolute Gasteiger partial charge is 0.408 e. The van der Waals surface area contributed by atoms with Gasteiger partial charge in [0.05, 0.1) is 11.7 Å². The maximum absolute atomic E-state index is 11.6.